The predicted molar refractivity (Wildman–Crippen MR) is 159 cm³/mol. The molecule has 8 nitrogen and oxygen atoms in total. The number of benzene rings is 2. The predicted octanol–water partition coefficient (Wildman–Crippen LogP) is 4.74. The SMILES string of the molecule is O=C1C2CC=C3C(CC4(Cl)C(=O)N(CBr)C(=O)C4(Cl)C3c3ccc(OCCO)cc3)C2C(=O)N1c1ccc(Br)cc1. The van der Waals surface area contributed by atoms with Crippen molar-refractivity contribution in [3.63, 3.8) is 0 Å². The second-order valence-corrected chi connectivity index (χ2v) is 13.3. The van der Waals surface area contributed by atoms with Gasteiger partial charge in [-0.2, -0.15) is 0 Å². The molecule has 41 heavy (non-hydrogen) atoms. The fourth-order valence-corrected chi connectivity index (χ4v) is 8.58. The first kappa shape index (κ1) is 28.9. The van der Waals surface area contributed by atoms with Gasteiger partial charge in [-0.25, -0.2) is 0 Å². The average molecular weight is 727 g/mol. The van der Waals surface area contributed by atoms with Crippen LogP contribution in [0.4, 0.5) is 5.69 Å². The van der Waals surface area contributed by atoms with Gasteiger partial charge in [0, 0.05) is 10.4 Å². The lowest BCUT2D eigenvalue weighted by atomic mass is 9.56. The van der Waals surface area contributed by atoms with Crippen molar-refractivity contribution >= 4 is 84.4 Å². The number of amides is 4. The van der Waals surface area contributed by atoms with Gasteiger partial charge < -0.3 is 9.84 Å². The van der Waals surface area contributed by atoms with E-state index in [-0.39, 0.29) is 43.3 Å². The van der Waals surface area contributed by atoms with Crippen LogP contribution in [0.25, 0.3) is 0 Å². The average Bonchev–Trinajstić information content (AvgIpc) is 3.30. The highest BCUT2D eigenvalue weighted by atomic mass is 79.9. The Labute approximate surface area is 262 Å². The topological polar surface area (TPSA) is 104 Å². The number of carbonyl (C=O) groups is 4. The number of ether oxygens (including phenoxy) is 1. The first-order valence-electron chi connectivity index (χ1n) is 13.1. The molecule has 4 aliphatic rings. The Bertz CT molecular complexity index is 1490. The van der Waals surface area contributed by atoms with Crippen LogP contribution >= 0.6 is 55.1 Å². The van der Waals surface area contributed by atoms with Crippen LogP contribution in [0.1, 0.15) is 24.3 Å². The van der Waals surface area contributed by atoms with Gasteiger partial charge in [0.05, 0.1) is 29.6 Å². The number of imide groups is 2. The fraction of sp³-hybridized carbons (Fsp3) is 0.379. The van der Waals surface area contributed by atoms with Crippen LogP contribution in [0.3, 0.4) is 0 Å². The smallest absolute Gasteiger partial charge is 0.254 e. The molecule has 3 fully saturated rings. The number of aliphatic hydroxyl groups excluding tert-OH is 1. The van der Waals surface area contributed by atoms with Gasteiger partial charge >= 0.3 is 0 Å². The third kappa shape index (κ3) is 4.08. The van der Waals surface area contributed by atoms with E-state index in [0.29, 0.717) is 17.0 Å². The summed E-state index contributed by atoms with van der Waals surface area (Å²) in [7, 11) is 0. The summed E-state index contributed by atoms with van der Waals surface area (Å²) in [5.74, 6) is -4.25. The Hall–Kier alpha value is -2.24. The van der Waals surface area contributed by atoms with E-state index in [4.69, 9.17) is 33.0 Å². The van der Waals surface area contributed by atoms with Crippen LogP contribution in [0.2, 0.25) is 0 Å². The zero-order valence-corrected chi connectivity index (χ0v) is 26.1. The lowest BCUT2D eigenvalue weighted by Gasteiger charge is -2.50. The minimum atomic E-state index is -1.86. The van der Waals surface area contributed by atoms with Crippen LogP contribution in [-0.4, -0.2) is 62.1 Å². The quantitative estimate of drug-likeness (QED) is 0.200. The monoisotopic (exact) mass is 724 g/mol. The molecule has 0 bridgehead atoms. The van der Waals surface area contributed by atoms with Gasteiger partial charge in [-0.15, -0.1) is 23.2 Å². The number of anilines is 1. The molecule has 12 heteroatoms. The van der Waals surface area contributed by atoms with E-state index in [9.17, 15) is 19.2 Å². The van der Waals surface area contributed by atoms with Crippen molar-refractivity contribution in [2.75, 3.05) is 23.6 Å². The highest BCUT2D eigenvalue weighted by Gasteiger charge is 2.76. The molecule has 6 unspecified atom stereocenters. The largest absolute Gasteiger partial charge is 0.491 e. The summed E-state index contributed by atoms with van der Waals surface area (Å²) in [6.07, 6.45) is 2.12. The molecule has 2 aliphatic carbocycles. The number of hydrogen-bond acceptors (Lipinski definition) is 6. The molecular formula is C29H24Br2Cl2N2O6. The molecule has 2 aromatic carbocycles. The van der Waals surface area contributed by atoms with Crippen LogP contribution < -0.4 is 9.64 Å². The molecule has 2 heterocycles. The summed E-state index contributed by atoms with van der Waals surface area (Å²) in [6.45, 7) is -0.0361. The van der Waals surface area contributed by atoms with Gasteiger partial charge in [-0.05, 0) is 60.7 Å². The second kappa shape index (κ2) is 10.5. The Morgan fingerprint density at radius 3 is 2.27 bits per heavy atom. The van der Waals surface area contributed by atoms with Crippen molar-refractivity contribution in [2.45, 2.75) is 28.5 Å². The number of rotatable bonds is 6. The molecule has 2 saturated heterocycles. The molecule has 1 N–H and O–H groups in total. The standard InChI is InChI=1S/C29H24Br2Cl2N2O6/c30-14-34-26(39)28(32)13-21-19(23(29(28,33)27(34)40)15-1-7-18(8-2-15)41-12-11-36)9-10-20-22(21)25(38)35(24(20)37)17-5-3-16(31)4-6-17/h1-9,20-23,36H,10-14H2. The lowest BCUT2D eigenvalue weighted by Crippen LogP contribution is -2.60. The maximum atomic E-state index is 14.0. The van der Waals surface area contributed by atoms with E-state index in [0.717, 1.165) is 14.9 Å². The number of fused-ring (bicyclic) bond motifs is 4. The maximum Gasteiger partial charge on any atom is 0.254 e. The second-order valence-electron chi connectivity index (χ2n) is 10.6. The third-order valence-electron chi connectivity index (χ3n) is 8.67. The van der Waals surface area contributed by atoms with E-state index in [1.807, 2.05) is 6.08 Å². The summed E-state index contributed by atoms with van der Waals surface area (Å²) >= 11 is 21.1. The van der Waals surface area contributed by atoms with Gasteiger partial charge in [-0.3, -0.25) is 29.0 Å². The normalized spacial score (nSPS) is 32.6. The van der Waals surface area contributed by atoms with E-state index in [1.165, 1.54) is 4.90 Å². The number of nitrogens with zero attached hydrogens (tertiary/aromatic N) is 2. The van der Waals surface area contributed by atoms with Crippen molar-refractivity contribution in [3.05, 3.63) is 70.2 Å². The highest BCUT2D eigenvalue weighted by Crippen LogP contribution is 2.65. The van der Waals surface area contributed by atoms with Crippen molar-refractivity contribution < 1.29 is 29.0 Å². The number of hydrogen-bond donors (Lipinski definition) is 1. The zero-order valence-electron chi connectivity index (χ0n) is 21.4. The Morgan fingerprint density at radius 1 is 0.951 bits per heavy atom. The fourth-order valence-electron chi connectivity index (χ4n) is 6.89. The van der Waals surface area contributed by atoms with Crippen molar-refractivity contribution in [2.24, 2.45) is 17.8 Å². The lowest BCUT2D eigenvalue weighted by molar-refractivity contribution is -0.138. The van der Waals surface area contributed by atoms with Crippen molar-refractivity contribution in [1.29, 1.82) is 0 Å². The molecule has 4 amide bonds. The summed E-state index contributed by atoms with van der Waals surface area (Å²) in [6, 6.07) is 13.8. The molecule has 1 saturated carbocycles. The molecule has 6 atom stereocenters. The summed E-state index contributed by atoms with van der Waals surface area (Å²) < 4.78 is 6.32. The molecule has 0 spiro atoms. The molecule has 6 rings (SSSR count). The van der Waals surface area contributed by atoms with Gasteiger partial charge in [0.2, 0.25) is 11.8 Å². The number of halogens is 4. The number of carbonyl (C=O) groups excluding carboxylic acids is 4. The van der Waals surface area contributed by atoms with Crippen molar-refractivity contribution in [1.82, 2.24) is 4.90 Å². The van der Waals surface area contributed by atoms with Gasteiger partial charge in [0.25, 0.3) is 11.8 Å². The van der Waals surface area contributed by atoms with Crippen LogP contribution in [0.5, 0.6) is 5.75 Å². The number of alkyl halides is 3. The molecule has 214 valence electrons. The number of allylic oxidation sites excluding steroid dienone is 2. The van der Waals surface area contributed by atoms with Crippen LogP contribution in [0, 0.1) is 17.8 Å². The molecule has 0 aromatic heterocycles. The minimum Gasteiger partial charge on any atom is -0.491 e. The van der Waals surface area contributed by atoms with E-state index < -0.39 is 45.2 Å². The number of aliphatic hydroxyl groups is 1. The third-order valence-corrected chi connectivity index (χ3v) is 11.1. The molecule has 2 aromatic rings. The van der Waals surface area contributed by atoms with E-state index >= 15 is 0 Å². The van der Waals surface area contributed by atoms with Gasteiger partial charge in [0.15, 0.2) is 9.75 Å². The molecular weight excluding hydrogens is 703 g/mol. The zero-order chi connectivity index (χ0) is 29.3. The van der Waals surface area contributed by atoms with E-state index in [1.54, 1.807) is 48.5 Å². The van der Waals surface area contributed by atoms with Gasteiger partial charge in [0.1, 0.15) is 12.4 Å². The summed E-state index contributed by atoms with van der Waals surface area (Å²) in [5, 5.41) is 9.10. The first-order valence-corrected chi connectivity index (χ1v) is 15.7. The number of likely N-dealkylation sites (tertiary alicyclic amines) is 1. The molecule has 0 radical (unpaired) electrons. The first-order chi connectivity index (χ1) is 19.6. The Kier molecular flexibility index (Phi) is 7.38. The maximum absolute atomic E-state index is 14.0. The summed E-state index contributed by atoms with van der Waals surface area (Å²) in [5.41, 5.74) is 1.72. The highest BCUT2D eigenvalue weighted by molar-refractivity contribution is 9.10. The summed E-state index contributed by atoms with van der Waals surface area (Å²) in [4.78, 5) is 53.7. The van der Waals surface area contributed by atoms with Crippen LogP contribution in [-0.2, 0) is 19.2 Å². The van der Waals surface area contributed by atoms with Crippen molar-refractivity contribution in [3.8, 4) is 5.75 Å². The minimum absolute atomic E-state index is 0.0689. The Balaban J connectivity index is 1.47. The van der Waals surface area contributed by atoms with Gasteiger partial charge in [-0.1, -0.05) is 55.6 Å². The van der Waals surface area contributed by atoms with Crippen LogP contribution in [0.15, 0.2) is 64.7 Å². The van der Waals surface area contributed by atoms with E-state index in [2.05, 4.69) is 31.9 Å². The molecule has 2 aliphatic heterocycles. The Morgan fingerprint density at radius 2 is 1.63 bits per heavy atom.